The average molecular weight is 153 g/mol. The average Bonchev–Trinajstić information content (AvgIpc) is 1.88. The van der Waals surface area contributed by atoms with Crippen LogP contribution >= 0.6 is 0 Å². The minimum Gasteiger partial charge on any atom is -0.383 e. The fourth-order valence-corrected chi connectivity index (χ4v) is 1.23. The maximum absolute atomic E-state index is 3.29. The first-order valence-electron chi connectivity index (χ1n) is 4.32. The zero-order chi connectivity index (χ0) is 8.85. The lowest BCUT2D eigenvalue weighted by Gasteiger charge is -2.16. The Morgan fingerprint density at radius 3 is 2.18 bits per heavy atom. The summed E-state index contributed by atoms with van der Waals surface area (Å²) in [7, 11) is 0. The summed E-state index contributed by atoms with van der Waals surface area (Å²) in [5, 5.41) is 3.29. The number of allylic oxidation sites excluding steroid dienone is 3. The van der Waals surface area contributed by atoms with Gasteiger partial charge in [0.25, 0.3) is 0 Å². The van der Waals surface area contributed by atoms with Crippen LogP contribution < -0.4 is 5.32 Å². The van der Waals surface area contributed by atoms with E-state index in [0.717, 1.165) is 0 Å². The van der Waals surface area contributed by atoms with Crippen LogP contribution in [0, 0.1) is 0 Å². The SMILES string of the molecule is CC.CC1=CC(C)NC(C)=C1. The largest absolute Gasteiger partial charge is 0.383 e. The third-order valence-corrected chi connectivity index (χ3v) is 1.41. The van der Waals surface area contributed by atoms with E-state index in [1.54, 1.807) is 0 Å². The highest BCUT2D eigenvalue weighted by atomic mass is 14.9. The Hall–Kier alpha value is -0.720. The predicted octanol–water partition coefficient (Wildman–Crippen LogP) is 2.85. The van der Waals surface area contributed by atoms with Crippen molar-refractivity contribution in [2.24, 2.45) is 0 Å². The van der Waals surface area contributed by atoms with E-state index < -0.39 is 0 Å². The second-order valence-electron chi connectivity index (χ2n) is 2.67. The van der Waals surface area contributed by atoms with Gasteiger partial charge in [-0.3, -0.25) is 0 Å². The Bertz CT molecular complexity index is 166. The van der Waals surface area contributed by atoms with Gasteiger partial charge in [0.15, 0.2) is 0 Å². The van der Waals surface area contributed by atoms with Crippen LogP contribution in [-0.4, -0.2) is 6.04 Å². The third-order valence-electron chi connectivity index (χ3n) is 1.41. The van der Waals surface area contributed by atoms with Crippen LogP contribution in [0.2, 0.25) is 0 Å². The normalized spacial score (nSPS) is 22.1. The Labute approximate surface area is 70.2 Å². The standard InChI is InChI=1S/C8H13N.C2H6/c1-6-4-7(2)9-8(3)5-6;1-2/h4-5,7,9H,1-3H3;1-2H3. The Kier molecular flexibility index (Phi) is 4.67. The molecule has 0 saturated heterocycles. The van der Waals surface area contributed by atoms with Crippen molar-refractivity contribution in [2.45, 2.75) is 40.7 Å². The van der Waals surface area contributed by atoms with Crippen LogP contribution in [0.5, 0.6) is 0 Å². The van der Waals surface area contributed by atoms with E-state index in [1.807, 2.05) is 13.8 Å². The highest BCUT2D eigenvalue weighted by Crippen LogP contribution is 2.07. The number of dihydropyridines is 1. The third kappa shape index (κ3) is 3.87. The molecule has 1 nitrogen and oxygen atoms in total. The van der Waals surface area contributed by atoms with E-state index >= 15 is 0 Å². The molecule has 0 bridgehead atoms. The maximum Gasteiger partial charge on any atom is 0.0418 e. The van der Waals surface area contributed by atoms with E-state index in [0.29, 0.717) is 6.04 Å². The Morgan fingerprint density at radius 2 is 1.82 bits per heavy atom. The van der Waals surface area contributed by atoms with Crippen molar-refractivity contribution in [1.29, 1.82) is 0 Å². The van der Waals surface area contributed by atoms with Gasteiger partial charge in [-0.2, -0.15) is 0 Å². The van der Waals surface area contributed by atoms with E-state index in [2.05, 4.69) is 38.2 Å². The maximum atomic E-state index is 3.29. The van der Waals surface area contributed by atoms with Gasteiger partial charge in [-0.15, -0.1) is 0 Å². The van der Waals surface area contributed by atoms with Gasteiger partial charge in [0.1, 0.15) is 0 Å². The predicted molar refractivity (Wildman–Crippen MR) is 51.5 cm³/mol. The molecule has 1 rings (SSSR count). The van der Waals surface area contributed by atoms with Gasteiger partial charge in [-0.1, -0.05) is 25.5 Å². The van der Waals surface area contributed by atoms with Gasteiger partial charge in [0.05, 0.1) is 0 Å². The highest BCUT2D eigenvalue weighted by molar-refractivity contribution is 5.26. The summed E-state index contributed by atoms with van der Waals surface area (Å²) in [6.07, 6.45) is 4.37. The molecule has 0 radical (unpaired) electrons. The number of hydrogen-bond donors (Lipinski definition) is 1. The lowest BCUT2D eigenvalue weighted by Crippen LogP contribution is -2.24. The van der Waals surface area contributed by atoms with Crippen molar-refractivity contribution in [3.63, 3.8) is 0 Å². The molecule has 1 N–H and O–H groups in total. The van der Waals surface area contributed by atoms with Crippen LogP contribution in [0.15, 0.2) is 23.4 Å². The van der Waals surface area contributed by atoms with Crippen molar-refractivity contribution in [1.82, 2.24) is 5.32 Å². The smallest absolute Gasteiger partial charge is 0.0418 e. The number of hydrogen-bond acceptors (Lipinski definition) is 1. The van der Waals surface area contributed by atoms with Crippen LogP contribution in [-0.2, 0) is 0 Å². The molecule has 0 aromatic heterocycles. The molecule has 64 valence electrons. The molecule has 0 aromatic carbocycles. The molecule has 0 aliphatic carbocycles. The first kappa shape index (κ1) is 10.3. The fourth-order valence-electron chi connectivity index (χ4n) is 1.23. The van der Waals surface area contributed by atoms with Crippen molar-refractivity contribution in [3.05, 3.63) is 23.4 Å². The lowest BCUT2D eigenvalue weighted by atomic mass is 10.1. The monoisotopic (exact) mass is 153 g/mol. The quantitative estimate of drug-likeness (QED) is 0.564. The summed E-state index contributed by atoms with van der Waals surface area (Å²) in [5.74, 6) is 0. The van der Waals surface area contributed by atoms with E-state index in [9.17, 15) is 0 Å². The van der Waals surface area contributed by atoms with Gasteiger partial charge in [0, 0.05) is 11.7 Å². The fraction of sp³-hybridized carbons (Fsp3) is 0.600. The van der Waals surface area contributed by atoms with E-state index in [4.69, 9.17) is 0 Å². The van der Waals surface area contributed by atoms with Gasteiger partial charge < -0.3 is 5.32 Å². The Morgan fingerprint density at radius 1 is 1.27 bits per heavy atom. The molecule has 0 saturated carbocycles. The van der Waals surface area contributed by atoms with Crippen molar-refractivity contribution >= 4 is 0 Å². The Balaban J connectivity index is 0.000000461. The van der Waals surface area contributed by atoms with E-state index in [1.165, 1.54) is 11.3 Å². The zero-order valence-electron chi connectivity index (χ0n) is 8.23. The molecule has 1 heteroatoms. The zero-order valence-corrected chi connectivity index (χ0v) is 8.23. The van der Waals surface area contributed by atoms with Crippen LogP contribution in [0.1, 0.15) is 34.6 Å². The van der Waals surface area contributed by atoms with Crippen LogP contribution in [0.3, 0.4) is 0 Å². The van der Waals surface area contributed by atoms with Gasteiger partial charge in [-0.25, -0.2) is 0 Å². The molecule has 0 aromatic rings. The van der Waals surface area contributed by atoms with Crippen LogP contribution in [0.25, 0.3) is 0 Å². The molecule has 0 spiro atoms. The molecule has 1 heterocycles. The summed E-state index contributed by atoms with van der Waals surface area (Å²) in [6.45, 7) is 10.4. The molecule has 0 amide bonds. The van der Waals surface area contributed by atoms with Crippen LogP contribution in [0.4, 0.5) is 0 Å². The second-order valence-corrected chi connectivity index (χ2v) is 2.67. The number of rotatable bonds is 0. The molecular formula is C10H19N. The molecule has 1 aliphatic heterocycles. The summed E-state index contributed by atoms with van der Waals surface area (Å²) < 4.78 is 0. The molecule has 0 fully saturated rings. The second kappa shape index (κ2) is 5.00. The highest BCUT2D eigenvalue weighted by Gasteiger charge is 2.01. The topological polar surface area (TPSA) is 12.0 Å². The summed E-state index contributed by atoms with van der Waals surface area (Å²) in [5.41, 5.74) is 2.63. The minimum atomic E-state index is 0.509. The van der Waals surface area contributed by atoms with Crippen molar-refractivity contribution in [2.75, 3.05) is 0 Å². The van der Waals surface area contributed by atoms with Gasteiger partial charge in [-0.05, 0) is 26.8 Å². The summed E-state index contributed by atoms with van der Waals surface area (Å²) in [6, 6.07) is 0.509. The minimum absolute atomic E-state index is 0.509. The van der Waals surface area contributed by atoms with Gasteiger partial charge in [0.2, 0.25) is 0 Å². The lowest BCUT2D eigenvalue weighted by molar-refractivity contribution is 0.711. The first-order valence-corrected chi connectivity index (χ1v) is 4.32. The van der Waals surface area contributed by atoms with E-state index in [-0.39, 0.29) is 0 Å². The number of nitrogens with one attached hydrogen (secondary N) is 1. The molecule has 1 aliphatic rings. The summed E-state index contributed by atoms with van der Waals surface area (Å²) in [4.78, 5) is 0. The molecular weight excluding hydrogens is 134 g/mol. The van der Waals surface area contributed by atoms with Crippen molar-refractivity contribution < 1.29 is 0 Å². The van der Waals surface area contributed by atoms with Gasteiger partial charge >= 0.3 is 0 Å². The molecule has 11 heavy (non-hydrogen) atoms. The first-order chi connectivity index (χ1) is 5.18. The van der Waals surface area contributed by atoms with Crippen molar-refractivity contribution in [3.8, 4) is 0 Å². The summed E-state index contributed by atoms with van der Waals surface area (Å²) >= 11 is 0. The molecule has 1 atom stereocenters. The molecule has 1 unspecified atom stereocenters.